The van der Waals surface area contributed by atoms with E-state index in [1.54, 1.807) is 0 Å². The van der Waals surface area contributed by atoms with Gasteiger partial charge < -0.3 is 4.90 Å². The van der Waals surface area contributed by atoms with E-state index in [0.717, 1.165) is 32.1 Å². The van der Waals surface area contributed by atoms with Crippen molar-refractivity contribution in [3.8, 4) is 0 Å². The molecule has 5 nitrogen and oxygen atoms in total. The lowest BCUT2D eigenvalue weighted by Crippen LogP contribution is -2.47. The second-order valence-corrected chi connectivity index (χ2v) is 5.95. The summed E-state index contributed by atoms with van der Waals surface area (Å²) in [6.45, 7) is 3.93. The Hall–Kier alpha value is -2.47. The Bertz CT molecular complexity index is 701. The lowest BCUT2D eigenvalue weighted by Gasteiger charge is -2.35. The van der Waals surface area contributed by atoms with Gasteiger partial charge in [0.05, 0.1) is 4.92 Å². The average molecular weight is 329 g/mol. The zero-order valence-corrected chi connectivity index (χ0v) is 13.4. The first-order valence-electron chi connectivity index (χ1n) is 8.08. The number of nitro groups is 1. The first kappa shape index (κ1) is 16.4. The van der Waals surface area contributed by atoms with Crippen molar-refractivity contribution in [2.45, 2.75) is 6.42 Å². The quantitative estimate of drug-likeness (QED) is 0.625. The number of halogens is 1. The first-order valence-corrected chi connectivity index (χ1v) is 8.08. The molecule has 0 spiro atoms. The molecule has 1 aliphatic heterocycles. The third-order valence-electron chi connectivity index (χ3n) is 4.41. The summed E-state index contributed by atoms with van der Waals surface area (Å²) < 4.78 is 13.5. The summed E-state index contributed by atoms with van der Waals surface area (Å²) >= 11 is 0. The fourth-order valence-corrected chi connectivity index (χ4v) is 3.05. The van der Waals surface area contributed by atoms with Gasteiger partial charge in [-0.3, -0.25) is 15.0 Å². The number of anilines is 1. The van der Waals surface area contributed by atoms with Crippen molar-refractivity contribution in [1.29, 1.82) is 0 Å². The van der Waals surface area contributed by atoms with E-state index in [1.807, 2.05) is 23.1 Å². The minimum atomic E-state index is -0.448. The fraction of sp³-hybridized carbons (Fsp3) is 0.333. The minimum absolute atomic E-state index is 0.0332. The molecule has 3 rings (SSSR count). The van der Waals surface area contributed by atoms with Gasteiger partial charge >= 0.3 is 0 Å². The summed E-state index contributed by atoms with van der Waals surface area (Å²) in [7, 11) is 0. The van der Waals surface area contributed by atoms with Crippen LogP contribution in [0.3, 0.4) is 0 Å². The maximum absolute atomic E-state index is 13.5. The SMILES string of the molecule is O=[N+]([O-])c1ccc(F)cc1N1CCN(CCc2ccccc2)CC1. The van der Waals surface area contributed by atoms with Crippen LogP contribution in [0.2, 0.25) is 0 Å². The van der Waals surface area contributed by atoms with Crippen molar-refractivity contribution in [3.63, 3.8) is 0 Å². The number of hydrogen-bond acceptors (Lipinski definition) is 4. The van der Waals surface area contributed by atoms with Gasteiger partial charge in [-0.2, -0.15) is 0 Å². The molecule has 0 atom stereocenters. The Morgan fingerprint density at radius 3 is 2.42 bits per heavy atom. The number of benzene rings is 2. The van der Waals surface area contributed by atoms with Gasteiger partial charge in [-0.25, -0.2) is 4.39 Å². The summed E-state index contributed by atoms with van der Waals surface area (Å²) in [5.74, 6) is -0.442. The number of hydrogen-bond donors (Lipinski definition) is 0. The molecule has 126 valence electrons. The van der Waals surface area contributed by atoms with Crippen LogP contribution in [0.4, 0.5) is 15.8 Å². The van der Waals surface area contributed by atoms with Gasteiger partial charge in [0.1, 0.15) is 11.5 Å². The molecule has 0 unspecified atom stereocenters. The maximum Gasteiger partial charge on any atom is 0.292 e. The van der Waals surface area contributed by atoms with E-state index < -0.39 is 10.7 Å². The van der Waals surface area contributed by atoms with Crippen LogP contribution in [0, 0.1) is 15.9 Å². The third kappa shape index (κ3) is 3.89. The minimum Gasteiger partial charge on any atom is -0.363 e. The van der Waals surface area contributed by atoms with Crippen molar-refractivity contribution in [2.75, 3.05) is 37.6 Å². The van der Waals surface area contributed by atoms with E-state index in [9.17, 15) is 14.5 Å². The predicted octanol–water partition coefficient (Wildman–Crippen LogP) is 3.10. The molecule has 24 heavy (non-hydrogen) atoms. The molecule has 0 radical (unpaired) electrons. The topological polar surface area (TPSA) is 49.6 Å². The Kier molecular flexibility index (Phi) is 5.05. The molecule has 1 fully saturated rings. The van der Waals surface area contributed by atoms with Crippen LogP contribution < -0.4 is 4.90 Å². The third-order valence-corrected chi connectivity index (χ3v) is 4.41. The number of rotatable bonds is 5. The zero-order valence-electron chi connectivity index (χ0n) is 13.4. The molecule has 1 heterocycles. The van der Waals surface area contributed by atoms with E-state index in [0.29, 0.717) is 18.8 Å². The molecular weight excluding hydrogens is 309 g/mol. The summed E-state index contributed by atoms with van der Waals surface area (Å²) in [6, 6.07) is 14.0. The molecule has 0 N–H and O–H groups in total. The van der Waals surface area contributed by atoms with Crippen LogP contribution in [0.1, 0.15) is 5.56 Å². The van der Waals surface area contributed by atoms with E-state index in [1.165, 1.54) is 17.7 Å². The predicted molar refractivity (Wildman–Crippen MR) is 91.9 cm³/mol. The largest absolute Gasteiger partial charge is 0.363 e. The van der Waals surface area contributed by atoms with E-state index >= 15 is 0 Å². The lowest BCUT2D eigenvalue weighted by molar-refractivity contribution is -0.384. The normalized spacial score (nSPS) is 15.5. The standard InChI is InChI=1S/C18H20FN3O2/c19-16-6-7-17(22(23)24)18(14-16)21-12-10-20(11-13-21)9-8-15-4-2-1-3-5-15/h1-7,14H,8-13H2. The van der Waals surface area contributed by atoms with Crippen LogP contribution in [0.25, 0.3) is 0 Å². The maximum atomic E-state index is 13.5. The van der Waals surface area contributed by atoms with Crippen molar-refractivity contribution >= 4 is 11.4 Å². The summed E-state index contributed by atoms with van der Waals surface area (Å²) in [5.41, 5.74) is 1.65. The summed E-state index contributed by atoms with van der Waals surface area (Å²) in [5, 5.41) is 11.1. The van der Waals surface area contributed by atoms with Crippen LogP contribution in [-0.2, 0) is 6.42 Å². The summed E-state index contributed by atoms with van der Waals surface area (Å²) in [4.78, 5) is 14.9. The van der Waals surface area contributed by atoms with E-state index in [2.05, 4.69) is 17.0 Å². The van der Waals surface area contributed by atoms with Gasteiger partial charge in [0.15, 0.2) is 0 Å². The van der Waals surface area contributed by atoms with Gasteiger partial charge in [-0.1, -0.05) is 30.3 Å². The molecule has 2 aromatic carbocycles. The second kappa shape index (κ2) is 7.40. The highest BCUT2D eigenvalue weighted by molar-refractivity contribution is 5.63. The highest BCUT2D eigenvalue weighted by Gasteiger charge is 2.24. The van der Waals surface area contributed by atoms with Crippen LogP contribution >= 0.6 is 0 Å². The molecule has 1 saturated heterocycles. The van der Waals surface area contributed by atoms with E-state index in [-0.39, 0.29) is 5.69 Å². The molecule has 0 saturated carbocycles. The Morgan fingerprint density at radius 1 is 1.04 bits per heavy atom. The molecular formula is C18H20FN3O2. The molecule has 2 aromatic rings. The van der Waals surface area contributed by atoms with E-state index in [4.69, 9.17) is 0 Å². The molecule has 0 aliphatic carbocycles. The monoisotopic (exact) mass is 329 g/mol. The molecule has 0 amide bonds. The molecule has 0 aromatic heterocycles. The number of piperazine rings is 1. The van der Waals surface area contributed by atoms with Crippen LogP contribution in [0.5, 0.6) is 0 Å². The van der Waals surface area contributed by atoms with Gasteiger partial charge in [0.2, 0.25) is 0 Å². The Morgan fingerprint density at radius 2 is 1.75 bits per heavy atom. The first-order chi connectivity index (χ1) is 11.6. The fourth-order valence-electron chi connectivity index (χ4n) is 3.05. The smallest absolute Gasteiger partial charge is 0.292 e. The van der Waals surface area contributed by atoms with Crippen molar-refractivity contribution in [2.24, 2.45) is 0 Å². The van der Waals surface area contributed by atoms with Gasteiger partial charge in [-0.15, -0.1) is 0 Å². The highest BCUT2D eigenvalue weighted by Crippen LogP contribution is 2.29. The molecule has 1 aliphatic rings. The Labute approximate surface area is 140 Å². The lowest BCUT2D eigenvalue weighted by atomic mass is 10.1. The van der Waals surface area contributed by atoms with Crippen molar-refractivity contribution in [1.82, 2.24) is 4.90 Å². The van der Waals surface area contributed by atoms with Gasteiger partial charge in [-0.05, 0) is 18.1 Å². The van der Waals surface area contributed by atoms with Gasteiger partial charge in [0, 0.05) is 44.9 Å². The highest BCUT2D eigenvalue weighted by atomic mass is 19.1. The van der Waals surface area contributed by atoms with Crippen molar-refractivity contribution in [3.05, 3.63) is 70.0 Å². The van der Waals surface area contributed by atoms with Crippen LogP contribution in [-0.4, -0.2) is 42.5 Å². The Balaban J connectivity index is 1.59. The molecule has 0 bridgehead atoms. The number of nitrogens with zero attached hydrogens (tertiary/aromatic N) is 3. The summed E-state index contributed by atoms with van der Waals surface area (Å²) in [6.07, 6.45) is 0.987. The zero-order chi connectivity index (χ0) is 16.9. The average Bonchev–Trinajstić information content (AvgIpc) is 2.61. The second-order valence-electron chi connectivity index (χ2n) is 5.95. The van der Waals surface area contributed by atoms with Crippen LogP contribution in [0.15, 0.2) is 48.5 Å². The van der Waals surface area contributed by atoms with Crippen molar-refractivity contribution < 1.29 is 9.31 Å². The molecule has 6 heteroatoms. The number of nitro benzene ring substituents is 1. The van der Waals surface area contributed by atoms with Gasteiger partial charge in [0.25, 0.3) is 5.69 Å².